The first-order valence-electron chi connectivity index (χ1n) is 6.02. The van der Waals surface area contributed by atoms with Crippen molar-refractivity contribution in [1.82, 2.24) is 15.3 Å². The maximum Gasteiger partial charge on any atom is 0.271 e. The number of aromatic amines is 1. The lowest BCUT2D eigenvalue weighted by Crippen LogP contribution is -2.51. The first kappa shape index (κ1) is 13.3. The Kier molecular flexibility index (Phi) is 4.57. The monoisotopic (exact) mass is 272 g/mol. The number of H-pyrrole nitrogens is 1. The second-order valence-electron chi connectivity index (χ2n) is 4.10. The van der Waals surface area contributed by atoms with Crippen LogP contribution in [0.1, 0.15) is 6.92 Å². The Labute approximate surface area is 110 Å². The van der Waals surface area contributed by atoms with Crippen molar-refractivity contribution in [3.63, 3.8) is 0 Å². The second kappa shape index (κ2) is 6.17. The Morgan fingerprint density at radius 2 is 2.56 bits per heavy atom. The number of aromatic nitrogens is 2. The van der Waals surface area contributed by atoms with Crippen LogP contribution >= 0.6 is 11.6 Å². The summed E-state index contributed by atoms with van der Waals surface area (Å²) in [5.74, 6) is 0.534. The van der Waals surface area contributed by atoms with Crippen molar-refractivity contribution in [3.05, 3.63) is 21.7 Å². The van der Waals surface area contributed by atoms with Gasteiger partial charge >= 0.3 is 0 Å². The first-order chi connectivity index (χ1) is 8.74. The number of hydrogen-bond acceptors (Lipinski definition) is 5. The topological polar surface area (TPSA) is 70.2 Å². The number of nitrogens with one attached hydrogen (secondary N) is 2. The lowest BCUT2D eigenvalue weighted by molar-refractivity contribution is 0.0935. The third-order valence-electron chi connectivity index (χ3n) is 2.91. The molecule has 6 nitrogen and oxygen atoms in total. The van der Waals surface area contributed by atoms with Crippen LogP contribution in [0.3, 0.4) is 0 Å². The molecule has 0 radical (unpaired) electrons. The zero-order valence-corrected chi connectivity index (χ0v) is 11.0. The normalized spacial score (nSPS) is 20.1. The molecule has 1 aromatic heterocycles. The molecular weight excluding hydrogens is 256 g/mol. The molecular formula is C11H17ClN4O2. The zero-order chi connectivity index (χ0) is 13.0. The number of anilines is 1. The molecule has 2 N–H and O–H groups in total. The molecule has 0 aromatic carbocycles. The van der Waals surface area contributed by atoms with Crippen LogP contribution in [0.15, 0.2) is 11.1 Å². The van der Waals surface area contributed by atoms with Crippen molar-refractivity contribution < 1.29 is 4.74 Å². The van der Waals surface area contributed by atoms with Gasteiger partial charge in [-0.15, -0.1) is 0 Å². The van der Waals surface area contributed by atoms with E-state index in [0.717, 1.165) is 13.1 Å². The zero-order valence-electron chi connectivity index (χ0n) is 10.3. The van der Waals surface area contributed by atoms with Crippen LogP contribution in [-0.2, 0) is 4.74 Å². The summed E-state index contributed by atoms with van der Waals surface area (Å²) < 4.78 is 5.46. The summed E-state index contributed by atoms with van der Waals surface area (Å²) >= 11 is 6.02. The van der Waals surface area contributed by atoms with Gasteiger partial charge in [0.2, 0.25) is 0 Å². The third kappa shape index (κ3) is 2.82. The number of rotatable bonds is 4. The van der Waals surface area contributed by atoms with E-state index in [4.69, 9.17) is 16.3 Å². The largest absolute Gasteiger partial charge is 0.377 e. The number of morpholine rings is 1. The van der Waals surface area contributed by atoms with E-state index >= 15 is 0 Å². The highest BCUT2D eigenvalue weighted by Crippen LogP contribution is 2.22. The van der Waals surface area contributed by atoms with E-state index in [-0.39, 0.29) is 16.6 Å². The molecule has 1 saturated heterocycles. The molecule has 2 heterocycles. The van der Waals surface area contributed by atoms with Crippen LogP contribution in [0.2, 0.25) is 5.02 Å². The predicted molar refractivity (Wildman–Crippen MR) is 70.4 cm³/mol. The van der Waals surface area contributed by atoms with Gasteiger partial charge in [0.05, 0.1) is 25.6 Å². The SMILES string of the molecule is CCNCC1COCCN1c1nc[nH]c(=O)c1Cl. The van der Waals surface area contributed by atoms with Gasteiger partial charge in [0, 0.05) is 13.1 Å². The summed E-state index contributed by atoms with van der Waals surface area (Å²) in [6, 6.07) is 0.144. The Morgan fingerprint density at radius 3 is 3.33 bits per heavy atom. The van der Waals surface area contributed by atoms with Gasteiger partial charge in [0.1, 0.15) is 5.02 Å². The van der Waals surface area contributed by atoms with Gasteiger partial charge in [0.25, 0.3) is 5.56 Å². The molecule has 0 bridgehead atoms. The van der Waals surface area contributed by atoms with E-state index in [1.54, 1.807) is 0 Å². The number of nitrogens with zero attached hydrogens (tertiary/aromatic N) is 2. The molecule has 2 rings (SSSR count). The highest BCUT2D eigenvalue weighted by molar-refractivity contribution is 6.32. The van der Waals surface area contributed by atoms with E-state index in [9.17, 15) is 4.79 Å². The molecule has 1 atom stereocenters. The van der Waals surface area contributed by atoms with Crippen LogP contribution in [0.4, 0.5) is 5.82 Å². The van der Waals surface area contributed by atoms with Gasteiger partial charge in [-0.05, 0) is 6.54 Å². The van der Waals surface area contributed by atoms with E-state index in [1.807, 2.05) is 11.8 Å². The van der Waals surface area contributed by atoms with Crippen LogP contribution in [0.25, 0.3) is 0 Å². The lowest BCUT2D eigenvalue weighted by Gasteiger charge is -2.36. The average Bonchev–Trinajstić information content (AvgIpc) is 2.40. The summed E-state index contributed by atoms with van der Waals surface area (Å²) in [6.45, 7) is 5.63. The van der Waals surface area contributed by atoms with Crippen LogP contribution in [0, 0.1) is 0 Å². The fraction of sp³-hybridized carbons (Fsp3) is 0.636. The molecule has 0 amide bonds. The molecule has 1 aromatic rings. The van der Waals surface area contributed by atoms with Crippen molar-refractivity contribution >= 4 is 17.4 Å². The molecule has 0 aliphatic carbocycles. The van der Waals surface area contributed by atoms with Crippen LogP contribution in [0.5, 0.6) is 0 Å². The van der Waals surface area contributed by atoms with Gasteiger partial charge < -0.3 is 19.9 Å². The minimum absolute atomic E-state index is 0.140. The maximum atomic E-state index is 11.5. The van der Waals surface area contributed by atoms with Crippen molar-refractivity contribution in [2.45, 2.75) is 13.0 Å². The quantitative estimate of drug-likeness (QED) is 0.822. The summed E-state index contributed by atoms with van der Waals surface area (Å²) in [5.41, 5.74) is -0.310. The fourth-order valence-corrected chi connectivity index (χ4v) is 2.20. The van der Waals surface area contributed by atoms with E-state index < -0.39 is 0 Å². The Balaban J connectivity index is 2.22. The average molecular weight is 273 g/mol. The molecule has 100 valence electrons. The summed E-state index contributed by atoms with van der Waals surface area (Å²) in [7, 11) is 0. The van der Waals surface area contributed by atoms with Gasteiger partial charge in [-0.3, -0.25) is 4.79 Å². The Bertz CT molecular complexity index is 451. The highest BCUT2D eigenvalue weighted by atomic mass is 35.5. The van der Waals surface area contributed by atoms with Crippen molar-refractivity contribution in [3.8, 4) is 0 Å². The highest BCUT2D eigenvalue weighted by Gasteiger charge is 2.26. The number of ether oxygens (including phenoxy) is 1. The molecule has 7 heteroatoms. The van der Waals surface area contributed by atoms with Crippen LogP contribution < -0.4 is 15.8 Å². The van der Waals surface area contributed by atoms with Crippen LogP contribution in [-0.4, -0.2) is 48.9 Å². The van der Waals surface area contributed by atoms with E-state index in [2.05, 4.69) is 15.3 Å². The first-order valence-corrected chi connectivity index (χ1v) is 6.40. The van der Waals surface area contributed by atoms with Crippen molar-refractivity contribution in [2.24, 2.45) is 0 Å². The van der Waals surface area contributed by atoms with Gasteiger partial charge in [-0.25, -0.2) is 4.98 Å². The summed E-state index contributed by atoms with van der Waals surface area (Å²) in [4.78, 5) is 20.2. The summed E-state index contributed by atoms with van der Waals surface area (Å²) in [5, 5.41) is 3.41. The minimum atomic E-state index is -0.310. The molecule has 1 fully saturated rings. The molecule has 1 aliphatic rings. The van der Waals surface area contributed by atoms with Crippen molar-refractivity contribution in [2.75, 3.05) is 37.7 Å². The molecule has 1 aliphatic heterocycles. The Hall–Kier alpha value is -1.11. The standard InChI is InChI=1S/C11H17ClN4O2/c1-2-13-5-8-6-18-4-3-16(8)10-9(12)11(17)15-7-14-10/h7-8,13H,2-6H2,1H3,(H,14,15,17). The van der Waals surface area contributed by atoms with Gasteiger partial charge in [0.15, 0.2) is 5.82 Å². The van der Waals surface area contributed by atoms with Crippen molar-refractivity contribution in [1.29, 1.82) is 0 Å². The number of hydrogen-bond donors (Lipinski definition) is 2. The maximum absolute atomic E-state index is 11.5. The molecule has 18 heavy (non-hydrogen) atoms. The Morgan fingerprint density at radius 1 is 1.72 bits per heavy atom. The number of halogens is 1. The summed E-state index contributed by atoms with van der Waals surface area (Å²) in [6.07, 6.45) is 1.38. The fourth-order valence-electron chi connectivity index (χ4n) is 1.99. The molecule has 1 unspecified atom stereocenters. The van der Waals surface area contributed by atoms with E-state index in [1.165, 1.54) is 6.33 Å². The van der Waals surface area contributed by atoms with E-state index in [0.29, 0.717) is 25.6 Å². The number of likely N-dealkylation sites (N-methyl/N-ethyl adjacent to an activating group) is 1. The lowest BCUT2D eigenvalue weighted by atomic mass is 10.2. The third-order valence-corrected chi connectivity index (χ3v) is 3.25. The minimum Gasteiger partial charge on any atom is -0.377 e. The molecule has 0 saturated carbocycles. The van der Waals surface area contributed by atoms with Gasteiger partial charge in [-0.1, -0.05) is 18.5 Å². The van der Waals surface area contributed by atoms with Gasteiger partial charge in [-0.2, -0.15) is 0 Å². The smallest absolute Gasteiger partial charge is 0.271 e. The molecule has 0 spiro atoms. The predicted octanol–water partition coefficient (Wildman–Crippen LogP) is 0.238. The second-order valence-corrected chi connectivity index (χ2v) is 4.48.